The summed E-state index contributed by atoms with van der Waals surface area (Å²) in [4.78, 5) is 0. The van der Waals surface area contributed by atoms with Crippen molar-refractivity contribution in [3.05, 3.63) is 0 Å². The molecule has 2 fully saturated rings. The summed E-state index contributed by atoms with van der Waals surface area (Å²) in [6.45, 7) is 0.0406. The second kappa shape index (κ2) is 3.63. The molecule has 0 aromatic carbocycles. The first kappa shape index (κ1) is 11.2. The fourth-order valence-electron chi connectivity index (χ4n) is 1.64. The minimum absolute atomic E-state index is 0.0406. The van der Waals surface area contributed by atoms with Gasteiger partial charge in [0.25, 0.3) is 0 Å². The van der Waals surface area contributed by atoms with Gasteiger partial charge >= 0.3 is 10.3 Å². The third-order valence-electron chi connectivity index (χ3n) is 2.31. The number of ether oxygens (including phenoxy) is 2. The maximum Gasteiger partial charge on any atom is 0.333 e. The smallest absolute Gasteiger partial charge is 0.333 e. The van der Waals surface area contributed by atoms with E-state index in [4.69, 9.17) is 9.47 Å². The van der Waals surface area contributed by atoms with Gasteiger partial charge in [0.1, 0.15) is 24.4 Å². The Kier molecular flexibility index (Phi) is 2.71. The first-order chi connectivity index (χ1) is 6.88. The Morgan fingerprint density at radius 3 is 2.60 bits per heavy atom. The summed E-state index contributed by atoms with van der Waals surface area (Å²) in [5.74, 6) is 0. The van der Waals surface area contributed by atoms with Gasteiger partial charge in [0.15, 0.2) is 6.29 Å². The first-order valence-corrected chi connectivity index (χ1v) is 5.70. The quantitative estimate of drug-likeness (QED) is 0.471. The van der Waals surface area contributed by atoms with Crippen LogP contribution in [0.5, 0.6) is 0 Å². The highest BCUT2D eigenvalue weighted by Gasteiger charge is 2.51. The Labute approximate surface area is 85.8 Å². The van der Waals surface area contributed by atoms with Gasteiger partial charge in [-0.1, -0.05) is 0 Å². The van der Waals surface area contributed by atoms with Crippen molar-refractivity contribution >= 4 is 10.3 Å². The fourth-order valence-corrected chi connectivity index (χ4v) is 2.19. The molecule has 4 N–H and O–H groups in total. The topological polar surface area (TPSA) is 128 Å². The molecule has 0 unspecified atom stereocenters. The van der Waals surface area contributed by atoms with E-state index >= 15 is 0 Å². The van der Waals surface area contributed by atoms with Crippen LogP contribution in [-0.2, 0) is 24.0 Å². The summed E-state index contributed by atoms with van der Waals surface area (Å²) in [7, 11) is -4.21. The summed E-state index contributed by atoms with van der Waals surface area (Å²) >= 11 is 0. The third-order valence-corrected chi connectivity index (χ3v) is 2.80. The highest BCUT2D eigenvalue weighted by atomic mass is 32.2. The second-order valence-corrected chi connectivity index (χ2v) is 4.59. The van der Waals surface area contributed by atoms with Gasteiger partial charge in [0.2, 0.25) is 0 Å². The van der Waals surface area contributed by atoms with E-state index in [9.17, 15) is 18.6 Å². The van der Waals surface area contributed by atoms with Gasteiger partial charge in [-0.3, -0.25) is 0 Å². The van der Waals surface area contributed by atoms with E-state index in [2.05, 4.69) is 9.32 Å². The molecule has 2 aliphatic heterocycles. The molecule has 88 valence electrons. The van der Waals surface area contributed by atoms with E-state index in [-0.39, 0.29) is 6.61 Å². The van der Waals surface area contributed by atoms with Crippen molar-refractivity contribution in [2.45, 2.75) is 30.7 Å². The zero-order chi connectivity index (χ0) is 11.2. The lowest BCUT2D eigenvalue weighted by atomic mass is 10.0. The molecule has 9 heteroatoms. The first-order valence-electron chi connectivity index (χ1n) is 4.23. The largest absolute Gasteiger partial charge is 0.387 e. The van der Waals surface area contributed by atoms with Gasteiger partial charge in [-0.25, -0.2) is 9.32 Å². The van der Waals surface area contributed by atoms with Crippen LogP contribution in [0.25, 0.3) is 0 Å². The molecule has 0 radical (unpaired) electrons. The van der Waals surface area contributed by atoms with E-state index < -0.39 is 41.0 Å². The summed E-state index contributed by atoms with van der Waals surface area (Å²) < 4.78 is 35.8. The Morgan fingerprint density at radius 2 is 2.00 bits per heavy atom. The van der Waals surface area contributed by atoms with Crippen molar-refractivity contribution in [3.63, 3.8) is 0 Å². The molecular formula is C6H11NO7S. The molecule has 0 saturated carbocycles. The van der Waals surface area contributed by atoms with Crippen molar-refractivity contribution in [1.82, 2.24) is 0 Å². The van der Waals surface area contributed by atoms with Gasteiger partial charge in [0, 0.05) is 0 Å². The van der Waals surface area contributed by atoms with E-state index in [0.29, 0.717) is 0 Å². The van der Waals surface area contributed by atoms with E-state index in [1.807, 2.05) is 0 Å². The standard InChI is InChI=1S/C6H11NO7S/c7-15(10,11)14-5-2-1-12-6(13-2)4(9)3(5)8/h2-6,8-9H,1H2,(H2,7,10,11)/t2-,3-,4+,5-,6-/m1/s1. The van der Waals surface area contributed by atoms with Crippen LogP contribution in [0.15, 0.2) is 0 Å². The van der Waals surface area contributed by atoms with Gasteiger partial charge in [0.05, 0.1) is 6.61 Å². The van der Waals surface area contributed by atoms with Crippen LogP contribution in [0.2, 0.25) is 0 Å². The zero-order valence-corrected chi connectivity index (χ0v) is 8.33. The average molecular weight is 241 g/mol. The molecule has 0 aliphatic carbocycles. The van der Waals surface area contributed by atoms with Gasteiger partial charge < -0.3 is 19.7 Å². The van der Waals surface area contributed by atoms with E-state index in [0.717, 1.165) is 0 Å². The maximum absolute atomic E-state index is 10.7. The highest BCUT2D eigenvalue weighted by molar-refractivity contribution is 7.84. The zero-order valence-electron chi connectivity index (χ0n) is 7.52. The van der Waals surface area contributed by atoms with Crippen molar-refractivity contribution in [2.24, 2.45) is 5.14 Å². The average Bonchev–Trinajstić information content (AvgIpc) is 2.54. The minimum atomic E-state index is -4.21. The molecule has 15 heavy (non-hydrogen) atoms. The lowest BCUT2D eigenvalue weighted by Crippen LogP contribution is -2.55. The van der Waals surface area contributed by atoms with Crippen LogP contribution < -0.4 is 5.14 Å². The second-order valence-electron chi connectivity index (χ2n) is 3.41. The predicted molar refractivity (Wildman–Crippen MR) is 44.6 cm³/mol. The molecule has 2 aliphatic rings. The SMILES string of the molecule is NS(=O)(=O)O[C@H]1[C@H](O)[C@H](O)[C@@H]2OC[C@H]1O2. The summed E-state index contributed by atoms with van der Waals surface area (Å²) in [5, 5.41) is 23.6. The monoisotopic (exact) mass is 241 g/mol. The number of aliphatic hydroxyl groups is 2. The number of hydrogen-bond acceptors (Lipinski definition) is 7. The number of aliphatic hydroxyl groups excluding tert-OH is 2. The molecular weight excluding hydrogens is 230 g/mol. The molecule has 0 aromatic rings. The van der Waals surface area contributed by atoms with Crippen LogP contribution in [0.3, 0.4) is 0 Å². The summed E-state index contributed by atoms with van der Waals surface area (Å²) in [5.41, 5.74) is 0. The highest BCUT2D eigenvalue weighted by Crippen LogP contribution is 2.30. The van der Waals surface area contributed by atoms with Crippen LogP contribution in [0.1, 0.15) is 0 Å². The number of fused-ring (bicyclic) bond motifs is 2. The Balaban J connectivity index is 2.16. The van der Waals surface area contributed by atoms with Crippen LogP contribution in [-0.4, -0.2) is 55.9 Å². The predicted octanol–water partition coefficient (Wildman–Crippen LogP) is -2.95. The van der Waals surface area contributed by atoms with E-state index in [1.54, 1.807) is 0 Å². The van der Waals surface area contributed by atoms with Crippen LogP contribution in [0, 0.1) is 0 Å². The molecule has 8 nitrogen and oxygen atoms in total. The van der Waals surface area contributed by atoms with Crippen molar-refractivity contribution < 1.29 is 32.3 Å². The van der Waals surface area contributed by atoms with E-state index in [1.165, 1.54) is 0 Å². The van der Waals surface area contributed by atoms with Crippen LogP contribution >= 0.6 is 0 Å². The molecule has 0 spiro atoms. The lowest BCUT2D eigenvalue weighted by Gasteiger charge is -2.34. The molecule has 2 rings (SSSR count). The Hall–Kier alpha value is -0.290. The van der Waals surface area contributed by atoms with Gasteiger partial charge in [-0.15, -0.1) is 0 Å². The van der Waals surface area contributed by atoms with Gasteiger partial charge in [-0.05, 0) is 0 Å². The summed E-state index contributed by atoms with van der Waals surface area (Å²) in [6.07, 6.45) is -5.68. The van der Waals surface area contributed by atoms with Crippen molar-refractivity contribution in [2.75, 3.05) is 6.61 Å². The minimum Gasteiger partial charge on any atom is -0.387 e. The molecule has 2 bridgehead atoms. The normalized spacial score (nSPS) is 45.7. The molecule has 0 amide bonds. The van der Waals surface area contributed by atoms with Crippen molar-refractivity contribution in [1.29, 1.82) is 0 Å². The third kappa shape index (κ3) is 2.13. The number of rotatable bonds is 2. The Morgan fingerprint density at radius 1 is 1.33 bits per heavy atom. The van der Waals surface area contributed by atoms with Crippen LogP contribution in [0.4, 0.5) is 0 Å². The number of nitrogens with two attached hydrogens (primary N) is 1. The molecule has 5 atom stereocenters. The Bertz CT molecular complexity index is 343. The molecule has 0 aromatic heterocycles. The van der Waals surface area contributed by atoms with Crippen molar-refractivity contribution in [3.8, 4) is 0 Å². The van der Waals surface area contributed by atoms with Gasteiger partial charge in [-0.2, -0.15) is 8.42 Å². The lowest BCUT2D eigenvalue weighted by molar-refractivity contribution is -0.222. The molecule has 2 heterocycles. The number of hydrogen-bond donors (Lipinski definition) is 3. The fraction of sp³-hybridized carbons (Fsp3) is 1.00. The summed E-state index contributed by atoms with van der Waals surface area (Å²) in [6, 6.07) is 0. The maximum atomic E-state index is 10.7. The molecule has 2 saturated heterocycles.